The normalized spacial score (nSPS) is 14.4. The number of nitrogens with one attached hydrogen (secondary N) is 2. The topological polar surface area (TPSA) is 68.4 Å². The Labute approximate surface area is 210 Å². The van der Waals surface area contributed by atoms with Crippen LogP contribution in [0.1, 0.15) is 21.5 Å². The number of fused-ring (bicyclic) bond motifs is 1. The van der Waals surface area contributed by atoms with Crippen molar-refractivity contribution in [1.82, 2.24) is 20.1 Å². The van der Waals surface area contributed by atoms with Gasteiger partial charge in [-0.3, -0.25) is 9.59 Å². The number of piperazine rings is 1. The first-order chi connectivity index (χ1) is 17.7. The highest BCUT2D eigenvalue weighted by molar-refractivity contribution is 6.06. The molecule has 2 heterocycles. The number of carbonyl (C=O) groups is 2. The fourth-order valence-corrected chi connectivity index (χ4v) is 4.30. The number of hydrogen-bond donors (Lipinski definition) is 2. The smallest absolute Gasteiger partial charge is 0.270 e. The number of H-pyrrole nitrogens is 1. The average molecular weight is 477 g/mol. The number of aromatic amines is 1. The molecule has 1 saturated heterocycles. The van der Waals surface area contributed by atoms with Gasteiger partial charge in [-0.05, 0) is 42.1 Å². The van der Waals surface area contributed by atoms with Gasteiger partial charge in [0.1, 0.15) is 5.70 Å². The fourth-order valence-electron chi connectivity index (χ4n) is 4.30. The summed E-state index contributed by atoms with van der Waals surface area (Å²) in [5.41, 5.74) is 3.74. The van der Waals surface area contributed by atoms with Gasteiger partial charge >= 0.3 is 0 Å². The van der Waals surface area contributed by atoms with Crippen LogP contribution in [0.3, 0.4) is 0 Å². The molecule has 3 aromatic carbocycles. The van der Waals surface area contributed by atoms with Crippen molar-refractivity contribution in [2.45, 2.75) is 0 Å². The molecule has 0 bridgehead atoms. The highest BCUT2D eigenvalue weighted by Gasteiger charge is 2.24. The van der Waals surface area contributed by atoms with Crippen LogP contribution in [0.15, 0.2) is 103 Å². The van der Waals surface area contributed by atoms with Crippen molar-refractivity contribution in [3.63, 3.8) is 0 Å². The Morgan fingerprint density at radius 1 is 0.806 bits per heavy atom. The van der Waals surface area contributed by atoms with Crippen LogP contribution in [-0.4, -0.2) is 52.8 Å². The van der Waals surface area contributed by atoms with Gasteiger partial charge in [0, 0.05) is 54.4 Å². The second kappa shape index (κ2) is 10.8. The molecule has 0 aliphatic carbocycles. The number of nitrogens with zero attached hydrogens (tertiary/aromatic N) is 2. The number of rotatable bonds is 6. The number of carbonyl (C=O) groups excluding carboxylic acids is 2. The standard InChI is InChI=1S/C30H28N4O2/c35-29(24-11-5-2-6-12-24)32-28(21-25-22-31-27-14-8-7-13-26(25)27)30(36)34-19-17-33(18-20-34)16-15-23-9-3-1-4-10-23/h1-16,21-22,31H,17-20H2,(H,32,35)/b16-15+,28-21+. The molecule has 4 aromatic rings. The molecule has 6 nitrogen and oxygen atoms in total. The summed E-state index contributed by atoms with van der Waals surface area (Å²) in [5, 5.41) is 3.87. The Morgan fingerprint density at radius 3 is 2.22 bits per heavy atom. The van der Waals surface area contributed by atoms with Crippen molar-refractivity contribution in [3.8, 4) is 0 Å². The maximum Gasteiger partial charge on any atom is 0.270 e. The lowest BCUT2D eigenvalue weighted by atomic mass is 10.1. The summed E-state index contributed by atoms with van der Waals surface area (Å²) in [7, 11) is 0. The SMILES string of the molecule is O=C(N/C(=C/c1c[nH]c2ccccc12)C(=O)N1CCN(/C=C/c2ccccc2)CC1)c1ccccc1. The third-order valence-electron chi connectivity index (χ3n) is 6.31. The maximum atomic E-state index is 13.6. The van der Waals surface area contributed by atoms with E-state index in [-0.39, 0.29) is 17.5 Å². The summed E-state index contributed by atoms with van der Waals surface area (Å²) in [6.45, 7) is 2.60. The van der Waals surface area contributed by atoms with Crippen LogP contribution in [0.2, 0.25) is 0 Å². The zero-order chi connectivity index (χ0) is 24.7. The Balaban J connectivity index is 1.34. The molecular formula is C30H28N4O2. The Bertz CT molecular complexity index is 1400. The summed E-state index contributed by atoms with van der Waals surface area (Å²) in [6.07, 6.45) is 7.79. The monoisotopic (exact) mass is 476 g/mol. The van der Waals surface area contributed by atoms with E-state index in [4.69, 9.17) is 0 Å². The van der Waals surface area contributed by atoms with E-state index in [1.54, 1.807) is 23.1 Å². The van der Waals surface area contributed by atoms with E-state index in [1.165, 1.54) is 0 Å². The first-order valence-electron chi connectivity index (χ1n) is 12.1. The predicted octanol–water partition coefficient (Wildman–Crippen LogP) is 4.75. The zero-order valence-electron chi connectivity index (χ0n) is 19.9. The Hall–Kier alpha value is -4.58. The Kier molecular flexibility index (Phi) is 6.94. The lowest BCUT2D eigenvalue weighted by Crippen LogP contribution is -2.48. The fraction of sp³-hybridized carbons (Fsp3) is 0.133. The largest absolute Gasteiger partial charge is 0.374 e. The summed E-state index contributed by atoms with van der Waals surface area (Å²) in [5.74, 6) is -0.490. The van der Waals surface area contributed by atoms with Crippen LogP contribution in [-0.2, 0) is 4.79 Å². The number of hydrogen-bond acceptors (Lipinski definition) is 3. The molecule has 5 rings (SSSR count). The van der Waals surface area contributed by atoms with Gasteiger partial charge < -0.3 is 20.1 Å². The third-order valence-corrected chi connectivity index (χ3v) is 6.31. The summed E-state index contributed by atoms with van der Waals surface area (Å²) in [4.78, 5) is 33.8. The minimum atomic E-state index is -0.306. The van der Waals surface area contributed by atoms with Crippen LogP contribution in [0.4, 0.5) is 0 Å². The number of benzene rings is 3. The number of aromatic nitrogens is 1. The zero-order valence-corrected chi connectivity index (χ0v) is 19.9. The Morgan fingerprint density at radius 2 is 1.47 bits per heavy atom. The van der Waals surface area contributed by atoms with Gasteiger partial charge in [0.2, 0.25) is 0 Å². The van der Waals surface area contributed by atoms with Crippen molar-refractivity contribution >= 4 is 34.9 Å². The molecule has 1 aromatic heterocycles. The molecule has 0 radical (unpaired) electrons. The molecule has 0 atom stereocenters. The molecule has 2 N–H and O–H groups in total. The molecule has 180 valence electrons. The first-order valence-corrected chi connectivity index (χ1v) is 12.1. The van der Waals surface area contributed by atoms with Crippen LogP contribution in [0.5, 0.6) is 0 Å². The van der Waals surface area contributed by atoms with E-state index in [0.717, 1.165) is 35.1 Å². The maximum absolute atomic E-state index is 13.6. The van der Waals surface area contributed by atoms with E-state index in [9.17, 15) is 9.59 Å². The summed E-state index contributed by atoms with van der Waals surface area (Å²) >= 11 is 0. The van der Waals surface area contributed by atoms with Gasteiger partial charge in [0.15, 0.2) is 0 Å². The van der Waals surface area contributed by atoms with Crippen molar-refractivity contribution in [1.29, 1.82) is 0 Å². The van der Waals surface area contributed by atoms with E-state index in [1.807, 2.05) is 66.9 Å². The van der Waals surface area contributed by atoms with Crippen molar-refractivity contribution in [2.24, 2.45) is 0 Å². The molecule has 1 aliphatic rings. The van der Waals surface area contributed by atoms with Crippen LogP contribution < -0.4 is 5.32 Å². The van der Waals surface area contributed by atoms with Crippen molar-refractivity contribution in [3.05, 3.63) is 120 Å². The lowest BCUT2D eigenvalue weighted by Gasteiger charge is -2.34. The quantitative estimate of drug-likeness (QED) is 0.395. The molecule has 36 heavy (non-hydrogen) atoms. The van der Waals surface area contributed by atoms with E-state index < -0.39 is 0 Å². The van der Waals surface area contributed by atoms with E-state index in [2.05, 4.69) is 39.6 Å². The molecule has 0 spiro atoms. The molecular weight excluding hydrogens is 448 g/mol. The van der Waals surface area contributed by atoms with Crippen LogP contribution in [0.25, 0.3) is 23.1 Å². The highest BCUT2D eigenvalue weighted by atomic mass is 16.2. The summed E-state index contributed by atoms with van der Waals surface area (Å²) < 4.78 is 0. The van der Waals surface area contributed by atoms with Gasteiger partial charge in [-0.25, -0.2) is 0 Å². The van der Waals surface area contributed by atoms with Gasteiger partial charge in [-0.1, -0.05) is 66.7 Å². The van der Waals surface area contributed by atoms with Gasteiger partial charge in [0.25, 0.3) is 11.8 Å². The van der Waals surface area contributed by atoms with Crippen molar-refractivity contribution in [2.75, 3.05) is 26.2 Å². The van der Waals surface area contributed by atoms with Crippen LogP contribution >= 0.6 is 0 Å². The second-order valence-electron chi connectivity index (χ2n) is 8.72. The molecule has 0 saturated carbocycles. The van der Waals surface area contributed by atoms with E-state index in [0.29, 0.717) is 18.7 Å². The van der Waals surface area contributed by atoms with Crippen molar-refractivity contribution < 1.29 is 9.59 Å². The molecule has 1 aliphatic heterocycles. The highest BCUT2D eigenvalue weighted by Crippen LogP contribution is 2.21. The van der Waals surface area contributed by atoms with E-state index >= 15 is 0 Å². The summed E-state index contributed by atoms with van der Waals surface area (Å²) in [6, 6.07) is 27.0. The minimum absolute atomic E-state index is 0.184. The number of para-hydroxylation sites is 1. The predicted molar refractivity (Wildman–Crippen MR) is 144 cm³/mol. The molecule has 1 fully saturated rings. The third kappa shape index (κ3) is 5.39. The molecule has 6 heteroatoms. The average Bonchev–Trinajstić information content (AvgIpc) is 3.35. The molecule has 2 amide bonds. The molecule has 0 unspecified atom stereocenters. The lowest BCUT2D eigenvalue weighted by molar-refractivity contribution is -0.128. The van der Waals surface area contributed by atoms with Gasteiger partial charge in [-0.15, -0.1) is 0 Å². The second-order valence-corrected chi connectivity index (χ2v) is 8.72. The van der Waals surface area contributed by atoms with Gasteiger partial charge in [0.05, 0.1) is 0 Å². The van der Waals surface area contributed by atoms with Crippen LogP contribution in [0, 0.1) is 0 Å². The number of amides is 2. The minimum Gasteiger partial charge on any atom is -0.374 e. The van der Waals surface area contributed by atoms with Gasteiger partial charge in [-0.2, -0.15) is 0 Å². The first kappa shape index (κ1) is 23.2.